The number of benzene rings is 1. The van der Waals surface area contributed by atoms with Crippen LogP contribution in [0.4, 0.5) is 0 Å². The Morgan fingerprint density at radius 2 is 1.56 bits per heavy atom. The summed E-state index contributed by atoms with van der Waals surface area (Å²) < 4.78 is 0. The Morgan fingerprint density at radius 3 is 2.11 bits per heavy atom. The van der Waals surface area contributed by atoms with E-state index in [1.54, 1.807) is 0 Å². The standard InChI is InChI=1S/C22H30N2O3/c1-15-2-4-16(5-3-15)14-23-10-12-24(13-11-23)21(25)19-17-6-8-18(9-7-17)20(19)22(26)27/h2-5,17-20H,6-14H2,1H3,(H,26,27)/t17?,18?,19-,20+/m0/s1. The maximum absolute atomic E-state index is 13.2. The van der Waals surface area contributed by atoms with E-state index in [0.717, 1.165) is 58.4 Å². The van der Waals surface area contributed by atoms with E-state index in [1.807, 2.05) is 4.90 Å². The number of aliphatic carboxylic acids is 1. The van der Waals surface area contributed by atoms with E-state index in [-0.39, 0.29) is 23.7 Å². The fourth-order valence-electron chi connectivity index (χ4n) is 5.57. The van der Waals surface area contributed by atoms with Crippen LogP contribution >= 0.6 is 0 Å². The Balaban J connectivity index is 1.36. The van der Waals surface area contributed by atoms with Crippen LogP contribution in [0.3, 0.4) is 0 Å². The fourth-order valence-corrected chi connectivity index (χ4v) is 5.57. The average molecular weight is 370 g/mol. The predicted molar refractivity (Wildman–Crippen MR) is 99.6 cm³/mol. The van der Waals surface area contributed by atoms with Crippen LogP contribution in [0, 0.1) is 30.6 Å². The predicted octanol–water partition coefficient (Wildman–Crippen LogP) is 0.0244. The maximum atomic E-state index is 13.2. The lowest BCUT2D eigenvalue weighted by Crippen LogP contribution is -3.13. The zero-order valence-electron chi connectivity index (χ0n) is 16.2. The molecule has 0 unspecified atom stereocenters. The highest BCUT2D eigenvalue weighted by atomic mass is 16.4. The SMILES string of the molecule is Cc1ccc(C[NH+]2CCN(C(=O)[C@H]3C4CCC(CC4)[C@H]3C(=O)[O-])CC2)cc1. The molecule has 0 radical (unpaired) electrons. The molecule has 146 valence electrons. The largest absolute Gasteiger partial charge is 0.550 e. The van der Waals surface area contributed by atoms with Gasteiger partial charge in [0.15, 0.2) is 0 Å². The summed E-state index contributed by atoms with van der Waals surface area (Å²) in [6.45, 7) is 6.39. The van der Waals surface area contributed by atoms with Gasteiger partial charge in [-0.25, -0.2) is 0 Å². The molecule has 5 nitrogen and oxygen atoms in total. The molecule has 3 saturated carbocycles. The van der Waals surface area contributed by atoms with Crippen LogP contribution in [0.5, 0.6) is 0 Å². The molecular weight excluding hydrogens is 340 g/mol. The number of fused-ring (bicyclic) bond motifs is 3. The Hall–Kier alpha value is -1.88. The van der Waals surface area contributed by atoms with Crippen molar-refractivity contribution in [3.05, 3.63) is 35.4 Å². The van der Waals surface area contributed by atoms with Gasteiger partial charge in [-0.1, -0.05) is 29.8 Å². The third kappa shape index (κ3) is 3.75. The van der Waals surface area contributed by atoms with Gasteiger partial charge in [-0.3, -0.25) is 4.79 Å². The van der Waals surface area contributed by atoms with Crippen LogP contribution in [0.15, 0.2) is 24.3 Å². The Morgan fingerprint density at radius 1 is 1.00 bits per heavy atom. The zero-order chi connectivity index (χ0) is 19.0. The van der Waals surface area contributed by atoms with Gasteiger partial charge in [-0.2, -0.15) is 0 Å². The van der Waals surface area contributed by atoms with Crippen molar-refractivity contribution in [2.75, 3.05) is 26.2 Å². The van der Waals surface area contributed by atoms with Crippen LogP contribution in [0.1, 0.15) is 36.8 Å². The van der Waals surface area contributed by atoms with E-state index in [2.05, 4.69) is 31.2 Å². The molecule has 1 N–H and O–H groups in total. The maximum Gasteiger partial charge on any atom is 0.227 e. The zero-order valence-corrected chi connectivity index (χ0v) is 16.2. The first kappa shape index (κ1) is 18.5. The second-order valence-electron chi connectivity index (χ2n) is 8.78. The first-order valence-electron chi connectivity index (χ1n) is 10.4. The van der Waals surface area contributed by atoms with Crippen molar-refractivity contribution in [2.45, 2.75) is 39.2 Å². The van der Waals surface area contributed by atoms with E-state index in [1.165, 1.54) is 16.0 Å². The van der Waals surface area contributed by atoms with E-state index < -0.39 is 11.9 Å². The molecule has 0 spiro atoms. The van der Waals surface area contributed by atoms with Crippen LogP contribution < -0.4 is 10.0 Å². The lowest BCUT2D eigenvalue weighted by atomic mass is 9.58. The first-order chi connectivity index (χ1) is 13.0. The van der Waals surface area contributed by atoms with Gasteiger partial charge in [0, 0.05) is 23.4 Å². The normalized spacial score (nSPS) is 31.1. The molecule has 2 bridgehead atoms. The number of hydrogen-bond donors (Lipinski definition) is 1. The highest BCUT2D eigenvalue weighted by Crippen LogP contribution is 2.49. The number of piperazine rings is 1. The molecule has 2 atom stereocenters. The summed E-state index contributed by atoms with van der Waals surface area (Å²) in [6.07, 6.45) is 3.90. The van der Waals surface area contributed by atoms with E-state index >= 15 is 0 Å². The van der Waals surface area contributed by atoms with E-state index in [9.17, 15) is 14.7 Å². The van der Waals surface area contributed by atoms with Crippen LogP contribution in [-0.2, 0) is 16.1 Å². The van der Waals surface area contributed by atoms with Gasteiger partial charge in [0.2, 0.25) is 5.91 Å². The monoisotopic (exact) mass is 370 g/mol. The number of nitrogens with one attached hydrogen (secondary N) is 1. The van der Waals surface area contributed by atoms with Crippen LogP contribution in [0.2, 0.25) is 0 Å². The minimum Gasteiger partial charge on any atom is -0.550 e. The molecule has 5 heteroatoms. The summed E-state index contributed by atoms with van der Waals surface area (Å²) in [5.41, 5.74) is 2.60. The fraction of sp³-hybridized carbons (Fsp3) is 0.636. The molecule has 1 saturated heterocycles. The molecule has 1 aromatic rings. The third-order valence-corrected chi connectivity index (χ3v) is 7.13. The number of carbonyl (C=O) groups excluding carboxylic acids is 2. The smallest absolute Gasteiger partial charge is 0.227 e. The highest BCUT2D eigenvalue weighted by molar-refractivity contribution is 5.85. The van der Waals surface area contributed by atoms with Gasteiger partial charge < -0.3 is 19.7 Å². The van der Waals surface area contributed by atoms with Gasteiger partial charge in [-0.15, -0.1) is 0 Å². The first-order valence-corrected chi connectivity index (χ1v) is 10.4. The minimum atomic E-state index is -1.01. The van der Waals surface area contributed by atoms with Crippen molar-refractivity contribution in [2.24, 2.45) is 23.7 Å². The number of quaternary nitrogens is 1. The Bertz CT molecular complexity index is 686. The lowest BCUT2D eigenvalue weighted by molar-refractivity contribution is -0.917. The second kappa shape index (κ2) is 7.63. The number of carboxylic acids is 1. The Kier molecular flexibility index (Phi) is 5.22. The number of nitrogens with zero attached hydrogens (tertiary/aromatic N) is 1. The number of hydrogen-bond acceptors (Lipinski definition) is 3. The van der Waals surface area contributed by atoms with Crippen molar-refractivity contribution in [3.8, 4) is 0 Å². The average Bonchev–Trinajstić information content (AvgIpc) is 2.70. The molecule has 27 heavy (non-hydrogen) atoms. The van der Waals surface area contributed by atoms with Gasteiger partial charge >= 0.3 is 0 Å². The number of carbonyl (C=O) groups is 2. The quantitative estimate of drug-likeness (QED) is 0.813. The molecule has 1 aliphatic heterocycles. The molecule has 3 aliphatic carbocycles. The van der Waals surface area contributed by atoms with Crippen LogP contribution in [0.25, 0.3) is 0 Å². The van der Waals surface area contributed by atoms with Crippen molar-refractivity contribution in [1.82, 2.24) is 4.90 Å². The molecule has 5 rings (SSSR count). The van der Waals surface area contributed by atoms with Crippen molar-refractivity contribution in [1.29, 1.82) is 0 Å². The summed E-state index contributed by atoms with van der Waals surface area (Å²) >= 11 is 0. The number of rotatable bonds is 4. The summed E-state index contributed by atoms with van der Waals surface area (Å²) in [7, 11) is 0. The summed E-state index contributed by atoms with van der Waals surface area (Å²) in [6, 6.07) is 8.66. The molecule has 1 amide bonds. The van der Waals surface area contributed by atoms with Crippen molar-refractivity contribution < 1.29 is 19.6 Å². The molecule has 1 heterocycles. The second-order valence-corrected chi connectivity index (χ2v) is 8.78. The van der Waals surface area contributed by atoms with E-state index in [0.29, 0.717) is 0 Å². The molecule has 4 aliphatic rings. The summed E-state index contributed by atoms with van der Waals surface area (Å²) in [5.74, 6) is -1.46. The molecule has 1 aromatic carbocycles. The van der Waals surface area contributed by atoms with Gasteiger partial charge in [0.25, 0.3) is 0 Å². The van der Waals surface area contributed by atoms with Gasteiger partial charge in [-0.05, 0) is 44.4 Å². The molecule has 4 fully saturated rings. The topological polar surface area (TPSA) is 64.9 Å². The lowest BCUT2D eigenvalue weighted by Gasteiger charge is -2.49. The van der Waals surface area contributed by atoms with E-state index in [4.69, 9.17) is 0 Å². The number of amides is 1. The van der Waals surface area contributed by atoms with Crippen molar-refractivity contribution in [3.63, 3.8) is 0 Å². The van der Waals surface area contributed by atoms with Crippen molar-refractivity contribution >= 4 is 11.9 Å². The van der Waals surface area contributed by atoms with Gasteiger partial charge in [0.1, 0.15) is 6.54 Å². The number of aryl methyl sites for hydroxylation is 1. The summed E-state index contributed by atoms with van der Waals surface area (Å²) in [4.78, 5) is 28.3. The highest BCUT2D eigenvalue weighted by Gasteiger charge is 2.49. The minimum absolute atomic E-state index is 0.0768. The third-order valence-electron chi connectivity index (χ3n) is 7.13. The van der Waals surface area contributed by atoms with Gasteiger partial charge in [0.05, 0.1) is 26.2 Å². The van der Waals surface area contributed by atoms with Crippen LogP contribution in [-0.4, -0.2) is 43.0 Å². The molecule has 0 aromatic heterocycles. The Labute approximate surface area is 161 Å². The molecular formula is C22H30N2O3. The summed E-state index contributed by atoms with van der Waals surface area (Å²) in [5, 5.41) is 11.7. The number of carboxylic acid groups (broad SMARTS) is 1.